The van der Waals surface area contributed by atoms with Crippen LogP contribution in [0.25, 0.3) is 32.2 Å². The van der Waals surface area contributed by atoms with Crippen molar-refractivity contribution in [1.29, 1.82) is 0 Å². The van der Waals surface area contributed by atoms with Crippen molar-refractivity contribution in [3.63, 3.8) is 0 Å². The van der Waals surface area contributed by atoms with Crippen LogP contribution in [-0.4, -0.2) is 72.7 Å². The zero-order valence-corrected chi connectivity index (χ0v) is 22.8. The average molecular weight is 609 g/mol. The predicted octanol–water partition coefficient (Wildman–Crippen LogP) is 4.52. The van der Waals surface area contributed by atoms with Crippen LogP contribution in [0.2, 0.25) is 0 Å². The minimum atomic E-state index is -4.97. The van der Waals surface area contributed by atoms with Gasteiger partial charge in [-0.2, -0.15) is 23.1 Å². The van der Waals surface area contributed by atoms with Crippen molar-refractivity contribution in [3.8, 4) is 17.1 Å². The normalized spacial score (nSPS) is 22.8. The highest BCUT2D eigenvalue weighted by molar-refractivity contribution is 7.22. The molecule has 0 saturated carbocycles. The van der Waals surface area contributed by atoms with Crippen molar-refractivity contribution in [3.05, 3.63) is 35.4 Å². The number of thiazole rings is 1. The molecule has 3 N–H and O–H groups in total. The highest BCUT2D eigenvalue weighted by Crippen LogP contribution is 2.46. The van der Waals surface area contributed by atoms with Crippen LogP contribution in [0.1, 0.15) is 18.4 Å². The number of fused-ring (bicyclic) bond motifs is 4. The van der Waals surface area contributed by atoms with Gasteiger partial charge in [-0.05, 0) is 31.0 Å². The van der Waals surface area contributed by atoms with Gasteiger partial charge in [0.05, 0.1) is 35.6 Å². The summed E-state index contributed by atoms with van der Waals surface area (Å²) in [4.78, 5) is 14.6. The highest BCUT2D eigenvalue weighted by Gasteiger charge is 2.39. The Morgan fingerprint density at radius 2 is 1.86 bits per heavy atom. The summed E-state index contributed by atoms with van der Waals surface area (Å²) in [7, 11) is 0. The molecule has 3 aliphatic rings. The van der Waals surface area contributed by atoms with Gasteiger partial charge in [-0.15, -0.1) is 0 Å². The number of halogens is 5. The molecule has 0 radical (unpaired) electrons. The van der Waals surface area contributed by atoms with E-state index in [1.807, 2.05) is 4.90 Å². The zero-order chi connectivity index (χ0) is 29.2. The smallest absolute Gasteiger partial charge is 0.417 e. The van der Waals surface area contributed by atoms with Gasteiger partial charge >= 0.3 is 12.2 Å². The van der Waals surface area contributed by atoms with Gasteiger partial charge in [0.15, 0.2) is 10.9 Å². The molecular weight excluding hydrogens is 583 g/mol. The number of nitrogens with zero attached hydrogens (tertiary/aromatic N) is 4. The molecule has 7 rings (SSSR count). The molecule has 3 fully saturated rings. The molecule has 4 aromatic rings. The van der Waals surface area contributed by atoms with Crippen LogP contribution in [0.15, 0.2) is 18.2 Å². The topological polar surface area (TPSA) is 108 Å². The van der Waals surface area contributed by atoms with Crippen LogP contribution < -0.4 is 20.7 Å². The van der Waals surface area contributed by atoms with Crippen molar-refractivity contribution in [2.24, 2.45) is 0 Å². The van der Waals surface area contributed by atoms with Gasteiger partial charge < -0.3 is 30.2 Å². The SMILES string of the molecule is Nc1nc2c(-c3c(C(F)(F)F)cc4c(N5CC6CCC(C5)N6)nc(OC[C@@H]5COCCO5)nc4c3F)ccc(F)c2s1. The van der Waals surface area contributed by atoms with Gasteiger partial charge in [-0.1, -0.05) is 11.3 Å². The van der Waals surface area contributed by atoms with Crippen LogP contribution in [0.4, 0.5) is 32.9 Å². The van der Waals surface area contributed by atoms with Crippen molar-refractivity contribution in [2.75, 3.05) is 50.2 Å². The number of aromatic nitrogens is 3. The molecule has 2 aromatic carbocycles. The third-order valence-electron chi connectivity index (χ3n) is 7.78. The molecule has 9 nitrogen and oxygen atoms in total. The fraction of sp³-hybridized carbons (Fsp3) is 0.444. The molecular formula is C27H25F5N6O3S. The maximum Gasteiger partial charge on any atom is 0.417 e. The summed E-state index contributed by atoms with van der Waals surface area (Å²) in [5.41, 5.74) is 2.94. The summed E-state index contributed by atoms with van der Waals surface area (Å²) in [5.74, 6) is -1.82. The Hall–Kier alpha value is -3.40. The Kier molecular flexibility index (Phi) is 6.79. The number of hydrogen-bond acceptors (Lipinski definition) is 10. The van der Waals surface area contributed by atoms with Gasteiger partial charge in [0.1, 0.15) is 29.9 Å². The van der Waals surface area contributed by atoms with E-state index in [0.29, 0.717) is 26.3 Å². The Labute approximate surface area is 239 Å². The van der Waals surface area contributed by atoms with Crippen molar-refractivity contribution in [2.45, 2.75) is 37.2 Å². The number of alkyl halides is 3. The fourth-order valence-electron chi connectivity index (χ4n) is 5.95. The van der Waals surface area contributed by atoms with Crippen molar-refractivity contribution in [1.82, 2.24) is 20.3 Å². The number of nitrogen functional groups attached to an aromatic ring is 1. The number of benzene rings is 2. The molecule has 2 bridgehead atoms. The Morgan fingerprint density at radius 3 is 2.57 bits per heavy atom. The van der Waals surface area contributed by atoms with Crippen LogP contribution in [-0.2, 0) is 15.7 Å². The van der Waals surface area contributed by atoms with Gasteiger partial charge in [0.2, 0.25) is 0 Å². The summed E-state index contributed by atoms with van der Waals surface area (Å²) in [6, 6.07) is 2.95. The second-order valence-electron chi connectivity index (χ2n) is 10.6. The van der Waals surface area contributed by atoms with E-state index >= 15 is 4.39 Å². The van der Waals surface area contributed by atoms with Crippen LogP contribution in [0.5, 0.6) is 6.01 Å². The maximum atomic E-state index is 16.6. The maximum absolute atomic E-state index is 16.6. The first kappa shape index (κ1) is 27.4. The zero-order valence-electron chi connectivity index (χ0n) is 22.0. The molecule has 2 aromatic heterocycles. The van der Waals surface area contributed by atoms with Crippen LogP contribution in [0, 0.1) is 11.6 Å². The van der Waals surface area contributed by atoms with Gasteiger partial charge in [0, 0.05) is 41.7 Å². The van der Waals surface area contributed by atoms with E-state index in [1.54, 1.807) is 0 Å². The Balaban J connectivity index is 1.43. The molecule has 15 heteroatoms. The Morgan fingerprint density at radius 1 is 1.07 bits per heavy atom. The van der Waals surface area contributed by atoms with Crippen LogP contribution >= 0.6 is 11.3 Å². The first-order valence-corrected chi connectivity index (χ1v) is 14.3. The standard InChI is InChI=1S/C27H25F5N6O3S/c28-18-4-3-15(22-23(18)42-25(33)35-22)19-17(27(30,31)32)7-16-21(20(19)29)36-26(41-11-14-10-39-5-6-40-14)37-24(16)38-8-12-1-2-13(9-38)34-12/h3-4,7,12-14,34H,1-2,5-6,8-11H2,(H2,33,35)/t12?,13?,14-/m0/s1. The lowest BCUT2D eigenvalue weighted by Crippen LogP contribution is -2.51. The number of ether oxygens (including phenoxy) is 3. The molecule has 5 heterocycles. The lowest BCUT2D eigenvalue weighted by Gasteiger charge is -2.34. The van der Waals surface area contributed by atoms with E-state index in [1.165, 1.54) is 0 Å². The van der Waals surface area contributed by atoms with E-state index in [0.717, 1.165) is 42.4 Å². The van der Waals surface area contributed by atoms with E-state index in [9.17, 15) is 17.6 Å². The third kappa shape index (κ3) is 4.87. The molecule has 3 aliphatic heterocycles. The number of nitrogens with one attached hydrogen (secondary N) is 1. The highest BCUT2D eigenvalue weighted by atomic mass is 32.1. The predicted molar refractivity (Wildman–Crippen MR) is 146 cm³/mol. The minimum Gasteiger partial charge on any atom is -0.461 e. The van der Waals surface area contributed by atoms with Crippen molar-refractivity contribution < 1.29 is 36.2 Å². The second-order valence-corrected chi connectivity index (χ2v) is 11.6. The molecule has 0 amide bonds. The molecule has 2 unspecified atom stereocenters. The summed E-state index contributed by atoms with van der Waals surface area (Å²) in [5, 5.41) is 3.31. The number of nitrogens with two attached hydrogens (primary N) is 1. The average Bonchev–Trinajstić information content (AvgIpc) is 3.53. The van der Waals surface area contributed by atoms with E-state index in [-0.39, 0.29) is 68.9 Å². The van der Waals surface area contributed by atoms with Gasteiger partial charge in [0.25, 0.3) is 0 Å². The van der Waals surface area contributed by atoms with E-state index in [4.69, 9.17) is 19.9 Å². The number of anilines is 2. The van der Waals surface area contributed by atoms with Crippen LogP contribution in [0.3, 0.4) is 0 Å². The monoisotopic (exact) mass is 608 g/mol. The second kappa shape index (κ2) is 10.4. The largest absolute Gasteiger partial charge is 0.461 e. The number of hydrogen-bond donors (Lipinski definition) is 2. The van der Waals surface area contributed by atoms with Gasteiger partial charge in [-0.3, -0.25) is 0 Å². The number of rotatable bonds is 5. The molecule has 222 valence electrons. The van der Waals surface area contributed by atoms with E-state index < -0.39 is 35.0 Å². The fourth-order valence-corrected chi connectivity index (χ4v) is 6.71. The first-order valence-electron chi connectivity index (χ1n) is 13.4. The molecule has 3 atom stereocenters. The quantitative estimate of drug-likeness (QED) is 0.316. The molecule has 0 aliphatic carbocycles. The van der Waals surface area contributed by atoms with Gasteiger partial charge in [-0.25, -0.2) is 13.8 Å². The third-order valence-corrected chi connectivity index (χ3v) is 8.67. The summed E-state index contributed by atoms with van der Waals surface area (Å²) in [6.07, 6.45) is -3.56. The minimum absolute atomic E-state index is 0.00352. The van der Waals surface area contributed by atoms with Crippen molar-refractivity contribution >= 4 is 43.4 Å². The molecule has 42 heavy (non-hydrogen) atoms. The summed E-state index contributed by atoms with van der Waals surface area (Å²) < 4.78 is 91.8. The summed E-state index contributed by atoms with van der Waals surface area (Å²) in [6.45, 7) is 2.07. The van der Waals surface area contributed by atoms with E-state index in [2.05, 4.69) is 20.3 Å². The lowest BCUT2D eigenvalue weighted by atomic mass is 9.95. The molecule has 0 spiro atoms. The first-order chi connectivity index (χ1) is 20.2. The number of piperazine rings is 1. The summed E-state index contributed by atoms with van der Waals surface area (Å²) >= 11 is 0.768. The lowest BCUT2D eigenvalue weighted by molar-refractivity contribution is -0.137. The molecule has 3 saturated heterocycles. The Bertz CT molecular complexity index is 1670.